The number of nitrogens with zero attached hydrogens (tertiary/aromatic N) is 4. The number of benzene rings is 2. The smallest absolute Gasteiger partial charge is 0.232 e. The van der Waals surface area contributed by atoms with Crippen molar-refractivity contribution in [1.29, 1.82) is 0 Å². The molecule has 0 spiro atoms. The first-order valence-electron chi connectivity index (χ1n) is 9.98. The summed E-state index contributed by atoms with van der Waals surface area (Å²) >= 11 is 1.54. The molecule has 0 N–H and O–H groups in total. The second-order valence-corrected chi connectivity index (χ2v) is 8.28. The van der Waals surface area contributed by atoms with E-state index in [0.717, 1.165) is 18.8 Å². The van der Waals surface area contributed by atoms with Gasteiger partial charge in [0.2, 0.25) is 5.95 Å². The van der Waals surface area contributed by atoms with Crippen LogP contribution in [0.1, 0.15) is 11.1 Å². The molecule has 4 rings (SSSR count). The molecule has 0 atom stereocenters. The highest BCUT2D eigenvalue weighted by Gasteiger charge is 2.22. The topological polar surface area (TPSA) is 52.4 Å². The highest BCUT2D eigenvalue weighted by molar-refractivity contribution is 7.99. The van der Waals surface area contributed by atoms with Crippen molar-refractivity contribution >= 4 is 17.7 Å². The normalized spacial score (nSPS) is 14.2. The van der Waals surface area contributed by atoms with Gasteiger partial charge in [-0.25, -0.2) is 4.39 Å². The number of hydrogen-bond acceptors (Lipinski definition) is 6. The molecular weight excluding hydrogens is 403 g/mol. The molecule has 1 saturated heterocycles. The Bertz CT molecular complexity index is 984. The van der Waals surface area contributed by atoms with Gasteiger partial charge in [0.1, 0.15) is 11.6 Å². The zero-order valence-corrected chi connectivity index (χ0v) is 18.0. The first-order valence-corrected chi connectivity index (χ1v) is 11.0. The summed E-state index contributed by atoms with van der Waals surface area (Å²) in [4.78, 5) is 2.12. The van der Waals surface area contributed by atoms with Gasteiger partial charge in [0.05, 0.1) is 25.5 Å². The van der Waals surface area contributed by atoms with E-state index in [1.807, 2.05) is 22.8 Å². The van der Waals surface area contributed by atoms with Crippen LogP contribution >= 0.6 is 11.8 Å². The molecule has 1 aliphatic rings. The van der Waals surface area contributed by atoms with Gasteiger partial charge in [-0.2, -0.15) is 0 Å². The van der Waals surface area contributed by atoms with Gasteiger partial charge in [-0.05, 0) is 55.3 Å². The lowest BCUT2D eigenvalue weighted by molar-refractivity contribution is 0.122. The van der Waals surface area contributed by atoms with Crippen LogP contribution in [0.15, 0.2) is 47.6 Å². The maximum absolute atomic E-state index is 13.9. The summed E-state index contributed by atoms with van der Waals surface area (Å²) in [6, 6.07) is 12.7. The summed E-state index contributed by atoms with van der Waals surface area (Å²) in [7, 11) is 0. The van der Waals surface area contributed by atoms with Gasteiger partial charge in [-0.1, -0.05) is 23.9 Å². The van der Waals surface area contributed by atoms with Crippen molar-refractivity contribution in [2.45, 2.75) is 19.0 Å². The Balaban J connectivity index is 1.50. The summed E-state index contributed by atoms with van der Waals surface area (Å²) in [6.45, 7) is 7.40. The zero-order chi connectivity index (χ0) is 20.9. The first kappa shape index (κ1) is 20.7. The third-order valence-corrected chi connectivity index (χ3v) is 5.65. The summed E-state index contributed by atoms with van der Waals surface area (Å²) in [5, 5.41) is 9.50. The highest BCUT2D eigenvalue weighted by Crippen LogP contribution is 2.27. The van der Waals surface area contributed by atoms with Crippen LogP contribution in [0.5, 0.6) is 5.75 Å². The lowest BCUT2D eigenvalue weighted by Gasteiger charge is -2.27. The van der Waals surface area contributed by atoms with E-state index in [4.69, 9.17) is 9.47 Å². The van der Waals surface area contributed by atoms with E-state index in [1.165, 1.54) is 23.3 Å². The second-order valence-electron chi connectivity index (χ2n) is 7.22. The Kier molecular flexibility index (Phi) is 6.54. The molecule has 30 heavy (non-hydrogen) atoms. The van der Waals surface area contributed by atoms with E-state index < -0.39 is 0 Å². The Hall–Kier alpha value is -2.58. The summed E-state index contributed by atoms with van der Waals surface area (Å²) in [5.41, 5.74) is 3.07. The molecule has 1 aromatic heterocycles. The van der Waals surface area contributed by atoms with E-state index in [2.05, 4.69) is 35.0 Å². The van der Waals surface area contributed by atoms with Crippen LogP contribution in [0.3, 0.4) is 0 Å². The van der Waals surface area contributed by atoms with Crippen molar-refractivity contribution in [2.75, 3.05) is 43.6 Å². The van der Waals surface area contributed by atoms with Crippen molar-refractivity contribution in [2.24, 2.45) is 0 Å². The third kappa shape index (κ3) is 4.94. The highest BCUT2D eigenvalue weighted by atomic mass is 32.2. The van der Waals surface area contributed by atoms with E-state index >= 15 is 0 Å². The molecule has 0 unspecified atom stereocenters. The predicted molar refractivity (Wildman–Crippen MR) is 116 cm³/mol. The number of thioether (sulfide) groups is 1. The standard InChI is InChI=1S/C22H25FN4O2S/c1-16-12-17(2)14-20(13-16)29-10-11-30-22-25-24-21(26-6-8-28-9-7-26)27(22)19-5-3-4-18(23)15-19/h3-5,12-15H,6-11H2,1-2H3. The van der Waals surface area contributed by atoms with Crippen LogP contribution in [0.25, 0.3) is 5.69 Å². The third-order valence-electron chi connectivity index (χ3n) is 4.76. The lowest BCUT2D eigenvalue weighted by Crippen LogP contribution is -2.37. The summed E-state index contributed by atoms with van der Waals surface area (Å²) in [6.07, 6.45) is 0. The maximum atomic E-state index is 13.9. The number of hydrogen-bond donors (Lipinski definition) is 0. The van der Waals surface area contributed by atoms with Gasteiger partial charge >= 0.3 is 0 Å². The van der Waals surface area contributed by atoms with Gasteiger partial charge in [0, 0.05) is 18.8 Å². The summed E-state index contributed by atoms with van der Waals surface area (Å²) in [5.74, 6) is 1.99. The molecule has 0 saturated carbocycles. The molecule has 8 heteroatoms. The van der Waals surface area contributed by atoms with Crippen molar-refractivity contribution in [3.05, 3.63) is 59.4 Å². The number of anilines is 1. The minimum Gasteiger partial charge on any atom is -0.493 e. The second kappa shape index (κ2) is 9.49. The molecule has 2 heterocycles. The van der Waals surface area contributed by atoms with Crippen molar-refractivity contribution < 1.29 is 13.9 Å². The molecular formula is C22H25FN4O2S. The molecule has 0 aliphatic carbocycles. The first-order chi connectivity index (χ1) is 14.6. The number of morpholine rings is 1. The van der Waals surface area contributed by atoms with Crippen LogP contribution in [0.2, 0.25) is 0 Å². The van der Waals surface area contributed by atoms with E-state index in [-0.39, 0.29) is 5.82 Å². The molecule has 6 nitrogen and oxygen atoms in total. The Morgan fingerprint density at radius 3 is 2.57 bits per heavy atom. The van der Waals surface area contributed by atoms with E-state index in [9.17, 15) is 4.39 Å². The van der Waals surface area contributed by atoms with Gasteiger partial charge < -0.3 is 14.4 Å². The number of halogens is 1. The molecule has 0 amide bonds. The fraction of sp³-hybridized carbons (Fsp3) is 0.364. The molecule has 2 aromatic carbocycles. The fourth-order valence-electron chi connectivity index (χ4n) is 3.47. The number of ether oxygens (including phenoxy) is 2. The zero-order valence-electron chi connectivity index (χ0n) is 17.2. The van der Waals surface area contributed by atoms with Gasteiger partial charge in [-0.15, -0.1) is 10.2 Å². The average Bonchev–Trinajstić information content (AvgIpc) is 3.15. The number of aromatic nitrogens is 3. The summed E-state index contributed by atoms with van der Waals surface area (Å²) < 4.78 is 27.2. The molecule has 3 aromatic rings. The number of rotatable bonds is 7. The monoisotopic (exact) mass is 428 g/mol. The quantitative estimate of drug-likeness (QED) is 0.418. The van der Waals surface area contributed by atoms with Crippen LogP contribution in [-0.2, 0) is 4.74 Å². The van der Waals surface area contributed by atoms with Crippen LogP contribution in [0.4, 0.5) is 10.3 Å². The maximum Gasteiger partial charge on any atom is 0.232 e. The van der Waals surface area contributed by atoms with Gasteiger partial charge in [0.15, 0.2) is 5.16 Å². The van der Waals surface area contributed by atoms with Gasteiger partial charge in [0.25, 0.3) is 0 Å². The molecule has 158 valence electrons. The minimum atomic E-state index is -0.289. The van der Waals surface area contributed by atoms with Crippen LogP contribution < -0.4 is 9.64 Å². The lowest BCUT2D eigenvalue weighted by atomic mass is 10.1. The molecule has 1 fully saturated rings. The van der Waals surface area contributed by atoms with E-state index in [1.54, 1.807) is 17.8 Å². The molecule has 0 bridgehead atoms. The number of aryl methyl sites for hydroxylation is 2. The average molecular weight is 429 g/mol. The van der Waals surface area contributed by atoms with Crippen LogP contribution in [0, 0.1) is 19.7 Å². The van der Waals surface area contributed by atoms with Crippen molar-refractivity contribution in [1.82, 2.24) is 14.8 Å². The Morgan fingerprint density at radius 2 is 1.83 bits per heavy atom. The fourth-order valence-corrected chi connectivity index (χ4v) is 4.24. The van der Waals surface area contributed by atoms with Crippen molar-refractivity contribution in [3.8, 4) is 11.4 Å². The van der Waals surface area contributed by atoms with Crippen molar-refractivity contribution in [3.63, 3.8) is 0 Å². The van der Waals surface area contributed by atoms with Gasteiger partial charge in [-0.3, -0.25) is 4.57 Å². The minimum absolute atomic E-state index is 0.289. The SMILES string of the molecule is Cc1cc(C)cc(OCCSc2nnc(N3CCOCC3)n2-c2cccc(F)c2)c1. The molecule has 1 aliphatic heterocycles. The largest absolute Gasteiger partial charge is 0.493 e. The Morgan fingerprint density at radius 1 is 1.07 bits per heavy atom. The molecule has 0 radical (unpaired) electrons. The van der Waals surface area contributed by atoms with Crippen LogP contribution in [-0.4, -0.2) is 53.4 Å². The Labute approximate surface area is 180 Å². The predicted octanol–water partition coefficient (Wildman–Crippen LogP) is 4.03. The van der Waals surface area contributed by atoms with E-state index in [0.29, 0.717) is 42.4 Å².